The minimum Gasteiger partial charge on any atom is -0.439 e. The van der Waals surface area contributed by atoms with Crippen LogP contribution in [-0.4, -0.2) is 11.5 Å². The molecule has 2 rings (SSSR count). The van der Waals surface area contributed by atoms with E-state index in [1.807, 2.05) is 12.1 Å². The molecule has 0 unspecified atom stereocenters. The van der Waals surface area contributed by atoms with E-state index in [4.69, 9.17) is 10.5 Å². The first-order valence-electron chi connectivity index (χ1n) is 5.37. The molecule has 1 aromatic carbocycles. The van der Waals surface area contributed by atoms with Gasteiger partial charge in [-0.25, -0.2) is 9.37 Å². The molecule has 4 heteroatoms. The summed E-state index contributed by atoms with van der Waals surface area (Å²) in [6, 6.07) is 9.58. The summed E-state index contributed by atoms with van der Waals surface area (Å²) in [5, 5.41) is 0. The highest BCUT2D eigenvalue weighted by atomic mass is 19.1. The summed E-state index contributed by atoms with van der Waals surface area (Å²) < 4.78 is 18.3. The Hall–Kier alpha value is -1.94. The molecule has 0 bridgehead atoms. The van der Waals surface area contributed by atoms with Crippen LogP contribution in [0.2, 0.25) is 0 Å². The Labute approximate surface area is 99.1 Å². The van der Waals surface area contributed by atoms with Gasteiger partial charge < -0.3 is 10.5 Å². The molecule has 0 amide bonds. The zero-order valence-corrected chi connectivity index (χ0v) is 9.27. The molecule has 1 heterocycles. The van der Waals surface area contributed by atoms with Crippen molar-refractivity contribution in [2.75, 3.05) is 6.54 Å². The highest BCUT2D eigenvalue weighted by molar-refractivity contribution is 5.32. The summed E-state index contributed by atoms with van der Waals surface area (Å²) in [4.78, 5) is 4.14. The first-order chi connectivity index (χ1) is 8.29. The molecule has 0 saturated carbocycles. The fourth-order valence-corrected chi connectivity index (χ4v) is 1.48. The van der Waals surface area contributed by atoms with Crippen LogP contribution in [-0.2, 0) is 6.42 Å². The van der Waals surface area contributed by atoms with E-state index in [9.17, 15) is 4.39 Å². The zero-order valence-electron chi connectivity index (χ0n) is 9.27. The van der Waals surface area contributed by atoms with Crippen molar-refractivity contribution < 1.29 is 9.13 Å². The van der Waals surface area contributed by atoms with Gasteiger partial charge in [0.15, 0.2) is 0 Å². The van der Waals surface area contributed by atoms with Gasteiger partial charge in [0.2, 0.25) is 5.88 Å². The first kappa shape index (κ1) is 11.5. The number of benzene rings is 1. The summed E-state index contributed by atoms with van der Waals surface area (Å²) in [5.74, 6) is 0.786. The van der Waals surface area contributed by atoms with Gasteiger partial charge in [-0.1, -0.05) is 6.07 Å². The maximum absolute atomic E-state index is 12.7. The molecule has 0 aliphatic heterocycles. The van der Waals surface area contributed by atoms with Gasteiger partial charge in [0.1, 0.15) is 11.6 Å². The van der Waals surface area contributed by atoms with Crippen LogP contribution < -0.4 is 10.5 Å². The highest BCUT2D eigenvalue weighted by Gasteiger charge is 2.05. The van der Waals surface area contributed by atoms with Crippen LogP contribution in [0.4, 0.5) is 4.39 Å². The third-order valence-corrected chi connectivity index (χ3v) is 2.29. The van der Waals surface area contributed by atoms with Crippen molar-refractivity contribution >= 4 is 0 Å². The van der Waals surface area contributed by atoms with Crippen molar-refractivity contribution in [2.45, 2.75) is 6.42 Å². The minimum atomic E-state index is -0.291. The molecule has 1 aromatic heterocycles. The second kappa shape index (κ2) is 5.41. The summed E-state index contributed by atoms with van der Waals surface area (Å²) >= 11 is 0. The van der Waals surface area contributed by atoms with Crippen molar-refractivity contribution in [3.05, 3.63) is 54.0 Å². The lowest BCUT2D eigenvalue weighted by Crippen LogP contribution is -2.04. The van der Waals surface area contributed by atoms with Crippen LogP contribution in [0.15, 0.2) is 42.6 Å². The van der Waals surface area contributed by atoms with Crippen molar-refractivity contribution in [1.29, 1.82) is 0 Å². The molecule has 0 aliphatic rings. The standard InChI is InChI=1S/C13H13FN2O/c14-11-3-5-12(6-4-11)17-13-10(7-8-15)2-1-9-16-13/h1-6,9H,7-8,15H2. The fourth-order valence-electron chi connectivity index (χ4n) is 1.48. The third kappa shape index (κ3) is 3.01. The maximum Gasteiger partial charge on any atom is 0.222 e. The number of nitrogens with two attached hydrogens (primary N) is 1. The van der Waals surface area contributed by atoms with Crippen LogP contribution in [0.5, 0.6) is 11.6 Å². The molecule has 88 valence electrons. The van der Waals surface area contributed by atoms with E-state index in [-0.39, 0.29) is 5.82 Å². The molecule has 17 heavy (non-hydrogen) atoms. The van der Waals surface area contributed by atoms with Gasteiger partial charge in [-0.2, -0.15) is 0 Å². The van der Waals surface area contributed by atoms with E-state index in [0.717, 1.165) is 5.56 Å². The number of nitrogens with zero attached hydrogens (tertiary/aromatic N) is 1. The van der Waals surface area contributed by atoms with Crippen LogP contribution in [0.3, 0.4) is 0 Å². The summed E-state index contributed by atoms with van der Waals surface area (Å²) in [6.07, 6.45) is 2.35. The largest absolute Gasteiger partial charge is 0.439 e. The Bertz CT molecular complexity index is 485. The van der Waals surface area contributed by atoms with Gasteiger partial charge in [0, 0.05) is 11.8 Å². The van der Waals surface area contributed by atoms with Gasteiger partial charge in [0.05, 0.1) is 0 Å². The van der Waals surface area contributed by atoms with E-state index in [0.29, 0.717) is 24.6 Å². The van der Waals surface area contributed by atoms with Crippen molar-refractivity contribution in [3.63, 3.8) is 0 Å². The lowest BCUT2D eigenvalue weighted by atomic mass is 10.2. The molecule has 2 N–H and O–H groups in total. The van der Waals surface area contributed by atoms with E-state index >= 15 is 0 Å². The zero-order chi connectivity index (χ0) is 12.1. The van der Waals surface area contributed by atoms with E-state index < -0.39 is 0 Å². The van der Waals surface area contributed by atoms with Gasteiger partial charge in [-0.05, 0) is 43.3 Å². The molecular weight excluding hydrogens is 219 g/mol. The Morgan fingerprint density at radius 1 is 1.18 bits per heavy atom. The van der Waals surface area contributed by atoms with Gasteiger partial charge in [0.25, 0.3) is 0 Å². The van der Waals surface area contributed by atoms with Crippen LogP contribution in [0.25, 0.3) is 0 Å². The molecule has 0 spiro atoms. The highest BCUT2D eigenvalue weighted by Crippen LogP contribution is 2.23. The lowest BCUT2D eigenvalue weighted by Gasteiger charge is -2.08. The topological polar surface area (TPSA) is 48.1 Å². The fraction of sp³-hybridized carbons (Fsp3) is 0.154. The molecule has 0 atom stereocenters. The smallest absolute Gasteiger partial charge is 0.222 e. The number of halogens is 1. The van der Waals surface area contributed by atoms with E-state index in [1.165, 1.54) is 12.1 Å². The van der Waals surface area contributed by atoms with Crippen molar-refractivity contribution in [2.24, 2.45) is 5.73 Å². The second-order valence-electron chi connectivity index (χ2n) is 3.56. The number of ether oxygens (including phenoxy) is 1. The lowest BCUT2D eigenvalue weighted by molar-refractivity contribution is 0.454. The van der Waals surface area contributed by atoms with Crippen LogP contribution >= 0.6 is 0 Å². The second-order valence-corrected chi connectivity index (χ2v) is 3.56. The van der Waals surface area contributed by atoms with Crippen LogP contribution in [0.1, 0.15) is 5.56 Å². The third-order valence-electron chi connectivity index (χ3n) is 2.29. The number of rotatable bonds is 4. The Balaban J connectivity index is 2.20. The minimum absolute atomic E-state index is 0.291. The monoisotopic (exact) mass is 232 g/mol. The Morgan fingerprint density at radius 3 is 2.65 bits per heavy atom. The number of hydrogen-bond donors (Lipinski definition) is 1. The Kier molecular flexibility index (Phi) is 3.67. The van der Waals surface area contributed by atoms with Gasteiger partial charge in [-0.3, -0.25) is 0 Å². The predicted octanol–water partition coefficient (Wildman–Crippen LogP) is 2.51. The molecular formula is C13H13FN2O. The van der Waals surface area contributed by atoms with Crippen LogP contribution in [0, 0.1) is 5.82 Å². The normalized spacial score (nSPS) is 10.2. The molecule has 0 saturated heterocycles. The quantitative estimate of drug-likeness (QED) is 0.881. The maximum atomic E-state index is 12.7. The van der Waals surface area contributed by atoms with E-state index in [1.54, 1.807) is 18.3 Å². The molecule has 3 nitrogen and oxygen atoms in total. The Morgan fingerprint density at radius 2 is 1.94 bits per heavy atom. The summed E-state index contributed by atoms with van der Waals surface area (Å²) in [5.41, 5.74) is 6.45. The number of hydrogen-bond acceptors (Lipinski definition) is 3. The number of pyridine rings is 1. The molecule has 0 fully saturated rings. The van der Waals surface area contributed by atoms with Gasteiger partial charge in [-0.15, -0.1) is 0 Å². The molecule has 0 radical (unpaired) electrons. The molecule has 0 aliphatic carbocycles. The van der Waals surface area contributed by atoms with Gasteiger partial charge >= 0.3 is 0 Å². The van der Waals surface area contributed by atoms with E-state index in [2.05, 4.69) is 4.98 Å². The predicted molar refractivity (Wildman–Crippen MR) is 63.5 cm³/mol. The first-order valence-corrected chi connectivity index (χ1v) is 5.37. The average molecular weight is 232 g/mol. The average Bonchev–Trinajstić information content (AvgIpc) is 2.35. The SMILES string of the molecule is NCCc1cccnc1Oc1ccc(F)cc1. The molecule has 2 aromatic rings. The van der Waals surface area contributed by atoms with Crippen molar-refractivity contribution in [1.82, 2.24) is 4.98 Å². The number of aromatic nitrogens is 1. The summed E-state index contributed by atoms with van der Waals surface area (Å²) in [6.45, 7) is 0.533. The summed E-state index contributed by atoms with van der Waals surface area (Å²) in [7, 11) is 0. The van der Waals surface area contributed by atoms with Crippen molar-refractivity contribution in [3.8, 4) is 11.6 Å².